The van der Waals surface area contributed by atoms with Crippen molar-refractivity contribution in [1.29, 1.82) is 5.26 Å². The van der Waals surface area contributed by atoms with Gasteiger partial charge >= 0.3 is 0 Å². The first-order valence-electron chi connectivity index (χ1n) is 8.27. The van der Waals surface area contributed by atoms with Gasteiger partial charge in [-0.05, 0) is 18.2 Å². The number of hydrogen-bond acceptors (Lipinski definition) is 6. The van der Waals surface area contributed by atoms with Crippen LogP contribution in [0.4, 0.5) is 5.69 Å². The molecular formula is C18H16ClN5OS. The van der Waals surface area contributed by atoms with E-state index in [4.69, 9.17) is 11.6 Å². The number of fused-ring (bicyclic) bond motifs is 1. The summed E-state index contributed by atoms with van der Waals surface area (Å²) in [6.45, 7) is 3.98. The summed E-state index contributed by atoms with van der Waals surface area (Å²) in [7, 11) is 0. The number of benzene rings is 1. The number of thiazole rings is 1. The molecule has 6 nitrogen and oxygen atoms in total. The Hall–Kier alpha value is -2.40. The van der Waals surface area contributed by atoms with Crippen molar-refractivity contribution in [2.75, 3.05) is 31.1 Å². The summed E-state index contributed by atoms with van der Waals surface area (Å²) >= 11 is 7.45. The topological polar surface area (TPSA) is 64.6 Å². The predicted octanol–water partition coefficient (Wildman–Crippen LogP) is 2.60. The maximum absolute atomic E-state index is 12.1. The summed E-state index contributed by atoms with van der Waals surface area (Å²) in [6.07, 6.45) is 1.75. The minimum atomic E-state index is -0.0373. The molecule has 1 fully saturated rings. The molecule has 1 aliphatic heterocycles. The highest BCUT2D eigenvalue weighted by molar-refractivity contribution is 7.15. The van der Waals surface area contributed by atoms with E-state index in [1.165, 1.54) is 11.3 Å². The third-order valence-corrected chi connectivity index (χ3v) is 5.53. The van der Waals surface area contributed by atoms with E-state index in [-0.39, 0.29) is 5.56 Å². The van der Waals surface area contributed by atoms with E-state index in [0.717, 1.165) is 42.5 Å². The van der Waals surface area contributed by atoms with Crippen molar-refractivity contribution in [3.8, 4) is 6.07 Å². The first-order valence-corrected chi connectivity index (χ1v) is 9.52. The summed E-state index contributed by atoms with van der Waals surface area (Å²) in [5.74, 6) is 0. The lowest BCUT2D eigenvalue weighted by molar-refractivity contribution is 0.247. The number of anilines is 1. The van der Waals surface area contributed by atoms with E-state index in [2.05, 4.69) is 20.9 Å². The smallest absolute Gasteiger partial charge is 0.258 e. The minimum Gasteiger partial charge on any atom is -0.368 e. The van der Waals surface area contributed by atoms with E-state index in [0.29, 0.717) is 17.1 Å². The van der Waals surface area contributed by atoms with Gasteiger partial charge in [0.2, 0.25) is 0 Å². The zero-order chi connectivity index (χ0) is 18.1. The molecule has 26 heavy (non-hydrogen) atoms. The molecule has 0 bridgehead atoms. The number of nitrogens with zero attached hydrogens (tertiary/aromatic N) is 5. The molecule has 3 aromatic rings. The molecule has 8 heteroatoms. The van der Waals surface area contributed by atoms with Crippen LogP contribution in [0, 0.1) is 11.3 Å². The van der Waals surface area contributed by atoms with Gasteiger partial charge in [-0.3, -0.25) is 14.1 Å². The van der Waals surface area contributed by atoms with Crippen LogP contribution in [0.15, 0.2) is 40.6 Å². The van der Waals surface area contributed by atoms with Crippen molar-refractivity contribution in [2.24, 2.45) is 0 Å². The van der Waals surface area contributed by atoms with Crippen LogP contribution in [-0.4, -0.2) is 40.5 Å². The molecule has 0 unspecified atom stereocenters. The van der Waals surface area contributed by atoms with E-state index < -0.39 is 0 Å². The Morgan fingerprint density at radius 3 is 2.81 bits per heavy atom. The molecule has 0 atom stereocenters. The molecule has 3 heterocycles. The average Bonchev–Trinajstić information content (AvgIpc) is 3.11. The van der Waals surface area contributed by atoms with Crippen LogP contribution in [0.25, 0.3) is 4.96 Å². The molecule has 132 valence electrons. The van der Waals surface area contributed by atoms with E-state index in [1.807, 2.05) is 17.5 Å². The summed E-state index contributed by atoms with van der Waals surface area (Å²) in [5.41, 5.74) is 2.29. The number of nitriles is 1. The molecular weight excluding hydrogens is 370 g/mol. The Kier molecular flexibility index (Phi) is 4.64. The SMILES string of the molecule is N#Cc1cc(Cl)ccc1N1CCN(Cc2cc(=O)n3ccsc3n2)CC1. The minimum absolute atomic E-state index is 0.0373. The Morgan fingerprint density at radius 1 is 1.23 bits per heavy atom. The Balaban J connectivity index is 1.45. The normalized spacial score (nSPS) is 15.3. The van der Waals surface area contributed by atoms with Gasteiger partial charge in [-0.25, -0.2) is 4.98 Å². The molecule has 4 rings (SSSR count). The highest BCUT2D eigenvalue weighted by Gasteiger charge is 2.20. The summed E-state index contributed by atoms with van der Waals surface area (Å²) in [6, 6.07) is 9.26. The zero-order valence-corrected chi connectivity index (χ0v) is 15.5. The fourth-order valence-corrected chi connectivity index (χ4v) is 4.13. The van der Waals surface area contributed by atoms with Crippen molar-refractivity contribution >= 4 is 33.6 Å². The van der Waals surface area contributed by atoms with Gasteiger partial charge in [0.15, 0.2) is 4.96 Å². The van der Waals surface area contributed by atoms with Crippen LogP contribution < -0.4 is 10.5 Å². The highest BCUT2D eigenvalue weighted by atomic mass is 35.5. The third kappa shape index (κ3) is 3.31. The van der Waals surface area contributed by atoms with Gasteiger partial charge in [-0.15, -0.1) is 11.3 Å². The van der Waals surface area contributed by atoms with Gasteiger partial charge in [-0.2, -0.15) is 5.26 Å². The van der Waals surface area contributed by atoms with Crippen molar-refractivity contribution < 1.29 is 0 Å². The molecule has 1 saturated heterocycles. The third-order valence-electron chi connectivity index (χ3n) is 4.53. The van der Waals surface area contributed by atoms with Crippen molar-refractivity contribution in [3.63, 3.8) is 0 Å². The molecule has 1 aromatic carbocycles. The average molecular weight is 386 g/mol. The van der Waals surface area contributed by atoms with E-state index in [9.17, 15) is 10.1 Å². The molecule has 2 aromatic heterocycles. The Bertz CT molecular complexity index is 1050. The summed E-state index contributed by atoms with van der Waals surface area (Å²) in [4.78, 5) is 21.9. The number of piperazine rings is 1. The second kappa shape index (κ2) is 7.08. The zero-order valence-electron chi connectivity index (χ0n) is 13.9. The summed E-state index contributed by atoms with van der Waals surface area (Å²) in [5, 5.41) is 11.8. The predicted molar refractivity (Wildman–Crippen MR) is 103 cm³/mol. The number of aromatic nitrogens is 2. The maximum Gasteiger partial charge on any atom is 0.258 e. The van der Waals surface area contributed by atoms with E-state index >= 15 is 0 Å². The van der Waals surface area contributed by atoms with Crippen LogP contribution in [0.5, 0.6) is 0 Å². The van der Waals surface area contributed by atoms with Crippen LogP contribution in [0.3, 0.4) is 0 Å². The Labute approximate surface area is 159 Å². The lowest BCUT2D eigenvalue weighted by Gasteiger charge is -2.36. The second-order valence-corrected chi connectivity index (χ2v) is 7.49. The fraction of sp³-hybridized carbons (Fsp3) is 0.278. The molecule has 0 spiro atoms. The monoisotopic (exact) mass is 385 g/mol. The molecule has 1 aliphatic rings. The number of rotatable bonds is 3. The van der Waals surface area contributed by atoms with Crippen molar-refractivity contribution in [2.45, 2.75) is 6.54 Å². The van der Waals surface area contributed by atoms with Crippen LogP contribution in [0.2, 0.25) is 5.02 Å². The van der Waals surface area contributed by atoms with Crippen molar-refractivity contribution in [3.05, 3.63) is 62.5 Å². The van der Waals surface area contributed by atoms with Gasteiger partial charge in [0.1, 0.15) is 6.07 Å². The largest absolute Gasteiger partial charge is 0.368 e. The van der Waals surface area contributed by atoms with Crippen LogP contribution in [0.1, 0.15) is 11.3 Å². The maximum atomic E-state index is 12.1. The quantitative estimate of drug-likeness (QED) is 0.693. The Morgan fingerprint density at radius 2 is 2.04 bits per heavy atom. The van der Waals surface area contributed by atoms with Gasteiger partial charge in [0.25, 0.3) is 5.56 Å². The number of hydrogen-bond donors (Lipinski definition) is 0. The highest BCUT2D eigenvalue weighted by Crippen LogP contribution is 2.25. The first-order chi connectivity index (χ1) is 12.6. The van der Waals surface area contributed by atoms with E-state index in [1.54, 1.807) is 22.7 Å². The molecule has 0 saturated carbocycles. The lowest BCUT2D eigenvalue weighted by atomic mass is 10.1. The molecule has 0 amide bonds. The molecule has 0 radical (unpaired) electrons. The lowest BCUT2D eigenvalue weighted by Crippen LogP contribution is -2.46. The van der Waals surface area contributed by atoms with Gasteiger partial charge in [0.05, 0.1) is 16.9 Å². The van der Waals surface area contributed by atoms with Gasteiger partial charge < -0.3 is 4.90 Å². The molecule has 0 N–H and O–H groups in total. The van der Waals surface area contributed by atoms with Gasteiger partial charge in [0, 0.05) is 55.4 Å². The number of halogens is 1. The standard InChI is InChI=1S/C18H16ClN5OS/c19-14-1-2-16(13(9-14)11-20)23-5-3-22(4-6-23)12-15-10-17(25)24-7-8-26-18(24)21-15/h1-2,7-10H,3-6,12H2. The van der Waals surface area contributed by atoms with Crippen LogP contribution >= 0.6 is 22.9 Å². The first kappa shape index (κ1) is 17.0. The summed E-state index contributed by atoms with van der Waals surface area (Å²) < 4.78 is 1.57. The van der Waals surface area contributed by atoms with Gasteiger partial charge in [-0.1, -0.05) is 11.6 Å². The van der Waals surface area contributed by atoms with Crippen LogP contribution in [-0.2, 0) is 6.54 Å². The molecule has 0 aliphatic carbocycles. The second-order valence-electron chi connectivity index (χ2n) is 6.18. The fourth-order valence-electron chi connectivity index (χ4n) is 3.22. The van der Waals surface area contributed by atoms with Crippen molar-refractivity contribution in [1.82, 2.24) is 14.3 Å².